The summed E-state index contributed by atoms with van der Waals surface area (Å²) >= 11 is 3.38. The fourth-order valence-electron chi connectivity index (χ4n) is 1.56. The number of nitrogens with one attached hydrogen (secondary N) is 2. The van der Waals surface area contributed by atoms with Crippen molar-refractivity contribution in [3.05, 3.63) is 58.8 Å². The molecule has 0 aliphatic heterocycles. The zero-order chi connectivity index (χ0) is 13.5. The average Bonchev–Trinajstić information content (AvgIpc) is 2.43. The normalized spacial score (nSPS) is 10.2. The number of hydrogen-bond acceptors (Lipinski definition) is 3. The van der Waals surface area contributed by atoms with Gasteiger partial charge in [-0.3, -0.25) is 9.78 Å². The number of aromatic nitrogens is 1. The van der Waals surface area contributed by atoms with Crippen molar-refractivity contribution in [2.45, 2.75) is 6.54 Å². The van der Waals surface area contributed by atoms with Crippen LogP contribution in [0.1, 0.15) is 5.69 Å². The van der Waals surface area contributed by atoms with E-state index in [-0.39, 0.29) is 12.5 Å². The molecule has 5 heteroatoms. The maximum absolute atomic E-state index is 11.7. The molecule has 0 aliphatic carbocycles. The quantitative estimate of drug-likeness (QED) is 0.890. The Balaban J connectivity index is 1.78. The molecule has 0 spiro atoms. The number of para-hydroxylation sites is 1. The molecule has 2 aromatic rings. The van der Waals surface area contributed by atoms with Crippen LogP contribution in [0.15, 0.2) is 53.1 Å². The summed E-state index contributed by atoms with van der Waals surface area (Å²) in [6.45, 7) is 0.822. The van der Waals surface area contributed by atoms with Gasteiger partial charge >= 0.3 is 0 Å². The van der Waals surface area contributed by atoms with Gasteiger partial charge in [-0.2, -0.15) is 0 Å². The Kier molecular flexibility index (Phi) is 5.06. The van der Waals surface area contributed by atoms with Crippen LogP contribution in [0.4, 0.5) is 5.69 Å². The summed E-state index contributed by atoms with van der Waals surface area (Å²) in [5, 5.41) is 5.88. The maximum Gasteiger partial charge on any atom is 0.238 e. The smallest absolute Gasteiger partial charge is 0.238 e. The van der Waals surface area contributed by atoms with Gasteiger partial charge in [0.2, 0.25) is 5.91 Å². The van der Waals surface area contributed by atoms with Crippen molar-refractivity contribution in [1.29, 1.82) is 0 Å². The largest absolute Gasteiger partial charge is 0.324 e. The standard InChI is InChI=1S/C14H14BrN3O/c15-12-6-1-2-7-13(12)18-14(19)10-16-9-11-5-3-4-8-17-11/h1-8,16H,9-10H2,(H,18,19). The van der Waals surface area contributed by atoms with E-state index in [4.69, 9.17) is 0 Å². The highest BCUT2D eigenvalue weighted by Gasteiger charge is 2.04. The number of carbonyl (C=O) groups is 1. The van der Waals surface area contributed by atoms with Crippen molar-refractivity contribution in [2.75, 3.05) is 11.9 Å². The fraction of sp³-hybridized carbons (Fsp3) is 0.143. The van der Waals surface area contributed by atoms with Crippen LogP contribution in [0.3, 0.4) is 0 Å². The van der Waals surface area contributed by atoms with E-state index in [1.54, 1.807) is 6.20 Å². The molecule has 0 saturated carbocycles. The van der Waals surface area contributed by atoms with Gasteiger partial charge in [0.15, 0.2) is 0 Å². The third kappa shape index (κ3) is 4.46. The first kappa shape index (κ1) is 13.7. The highest BCUT2D eigenvalue weighted by molar-refractivity contribution is 9.10. The number of hydrogen-bond donors (Lipinski definition) is 2. The number of nitrogens with zero attached hydrogens (tertiary/aromatic N) is 1. The third-order valence-electron chi connectivity index (χ3n) is 2.47. The summed E-state index contributed by atoms with van der Waals surface area (Å²) in [5.74, 6) is -0.0807. The molecular formula is C14H14BrN3O. The Bertz CT molecular complexity index is 545. The molecular weight excluding hydrogens is 306 g/mol. The lowest BCUT2D eigenvalue weighted by atomic mass is 10.3. The van der Waals surface area contributed by atoms with Gasteiger partial charge in [-0.1, -0.05) is 18.2 Å². The van der Waals surface area contributed by atoms with Crippen LogP contribution in [-0.4, -0.2) is 17.4 Å². The number of halogens is 1. The molecule has 98 valence electrons. The van der Waals surface area contributed by atoms with E-state index in [1.165, 1.54) is 0 Å². The van der Waals surface area contributed by atoms with Crippen molar-refractivity contribution in [3.63, 3.8) is 0 Å². The van der Waals surface area contributed by atoms with Gasteiger partial charge in [-0.15, -0.1) is 0 Å². The van der Waals surface area contributed by atoms with E-state index in [0.29, 0.717) is 6.54 Å². The molecule has 1 aromatic heterocycles. The molecule has 4 nitrogen and oxygen atoms in total. The van der Waals surface area contributed by atoms with E-state index in [2.05, 4.69) is 31.5 Å². The van der Waals surface area contributed by atoms with Crippen LogP contribution in [0.5, 0.6) is 0 Å². The Hall–Kier alpha value is -1.72. The zero-order valence-electron chi connectivity index (χ0n) is 10.3. The highest BCUT2D eigenvalue weighted by Crippen LogP contribution is 2.20. The lowest BCUT2D eigenvalue weighted by Crippen LogP contribution is -2.28. The Morgan fingerprint density at radius 2 is 1.95 bits per heavy atom. The molecule has 0 atom stereocenters. The van der Waals surface area contributed by atoms with E-state index in [9.17, 15) is 4.79 Å². The van der Waals surface area contributed by atoms with Crippen LogP contribution in [0, 0.1) is 0 Å². The van der Waals surface area contributed by atoms with E-state index in [1.807, 2.05) is 42.5 Å². The molecule has 0 saturated heterocycles. The molecule has 19 heavy (non-hydrogen) atoms. The predicted molar refractivity (Wildman–Crippen MR) is 78.7 cm³/mol. The van der Waals surface area contributed by atoms with Gasteiger partial charge in [0.25, 0.3) is 0 Å². The van der Waals surface area contributed by atoms with Gasteiger partial charge in [-0.05, 0) is 40.2 Å². The van der Waals surface area contributed by atoms with Crippen molar-refractivity contribution in [3.8, 4) is 0 Å². The van der Waals surface area contributed by atoms with E-state index in [0.717, 1.165) is 15.9 Å². The molecule has 1 aromatic carbocycles. The second-order valence-corrected chi connectivity index (χ2v) is 4.81. The summed E-state index contributed by atoms with van der Waals surface area (Å²) in [6.07, 6.45) is 1.73. The van der Waals surface area contributed by atoms with Crippen molar-refractivity contribution in [1.82, 2.24) is 10.3 Å². The minimum absolute atomic E-state index is 0.0807. The average molecular weight is 320 g/mol. The third-order valence-corrected chi connectivity index (χ3v) is 3.16. The fourth-order valence-corrected chi connectivity index (χ4v) is 1.95. The monoisotopic (exact) mass is 319 g/mol. The molecule has 2 rings (SSSR count). The number of pyridine rings is 1. The number of carbonyl (C=O) groups excluding carboxylic acids is 1. The number of anilines is 1. The van der Waals surface area contributed by atoms with Gasteiger partial charge in [0, 0.05) is 17.2 Å². The molecule has 0 aliphatic rings. The van der Waals surface area contributed by atoms with Gasteiger partial charge in [0.05, 0.1) is 17.9 Å². The first-order valence-corrected chi connectivity index (χ1v) is 6.70. The number of amides is 1. The molecule has 0 bridgehead atoms. The maximum atomic E-state index is 11.7. The number of rotatable bonds is 5. The minimum atomic E-state index is -0.0807. The lowest BCUT2D eigenvalue weighted by Gasteiger charge is -2.08. The van der Waals surface area contributed by atoms with E-state index < -0.39 is 0 Å². The van der Waals surface area contributed by atoms with Crippen LogP contribution in [-0.2, 0) is 11.3 Å². The first-order chi connectivity index (χ1) is 9.25. The highest BCUT2D eigenvalue weighted by atomic mass is 79.9. The number of benzene rings is 1. The summed E-state index contributed by atoms with van der Waals surface area (Å²) in [6, 6.07) is 13.2. The topological polar surface area (TPSA) is 54.0 Å². The molecule has 0 unspecified atom stereocenters. The van der Waals surface area contributed by atoms with Crippen molar-refractivity contribution >= 4 is 27.5 Å². The molecule has 0 radical (unpaired) electrons. The summed E-state index contributed by atoms with van der Waals surface area (Å²) < 4.78 is 0.869. The van der Waals surface area contributed by atoms with Crippen LogP contribution in [0.2, 0.25) is 0 Å². The van der Waals surface area contributed by atoms with Crippen molar-refractivity contribution in [2.24, 2.45) is 0 Å². The minimum Gasteiger partial charge on any atom is -0.324 e. The zero-order valence-corrected chi connectivity index (χ0v) is 11.9. The Labute approximate surface area is 120 Å². The molecule has 1 amide bonds. The first-order valence-electron chi connectivity index (χ1n) is 5.91. The summed E-state index contributed by atoms with van der Waals surface area (Å²) in [5.41, 5.74) is 1.68. The summed E-state index contributed by atoms with van der Waals surface area (Å²) in [7, 11) is 0. The van der Waals surface area contributed by atoms with Crippen LogP contribution in [0.25, 0.3) is 0 Å². The Morgan fingerprint density at radius 3 is 2.68 bits per heavy atom. The van der Waals surface area contributed by atoms with Crippen LogP contribution < -0.4 is 10.6 Å². The van der Waals surface area contributed by atoms with E-state index >= 15 is 0 Å². The second-order valence-electron chi connectivity index (χ2n) is 3.95. The van der Waals surface area contributed by atoms with Gasteiger partial charge in [0.1, 0.15) is 0 Å². The predicted octanol–water partition coefficient (Wildman–Crippen LogP) is 2.57. The van der Waals surface area contributed by atoms with Gasteiger partial charge in [-0.25, -0.2) is 0 Å². The Morgan fingerprint density at radius 1 is 1.16 bits per heavy atom. The van der Waals surface area contributed by atoms with Crippen LogP contribution >= 0.6 is 15.9 Å². The molecule has 1 heterocycles. The SMILES string of the molecule is O=C(CNCc1ccccn1)Nc1ccccc1Br. The molecule has 0 fully saturated rings. The second kappa shape index (κ2) is 7.01. The lowest BCUT2D eigenvalue weighted by molar-refractivity contribution is -0.115. The molecule has 2 N–H and O–H groups in total. The van der Waals surface area contributed by atoms with Gasteiger partial charge < -0.3 is 10.6 Å². The summed E-state index contributed by atoms with van der Waals surface area (Å²) in [4.78, 5) is 15.9. The van der Waals surface area contributed by atoms with Crippen molar-refractivity contribution < 1.29 is 4.79 Å².